The van der Waals surface area contributed by atoms with Crippen LogP contribution >= 0.6 is 11.8 Å². The molecule has 4 rings (SSSR count). The van der Waals surface area contributed by atoms with Crippen LogP contribution < -0.4 is 4.74 Å². The number of carbonyl (C=O) groups is 2. The predicted molar refractivity (Wildman–Crippen MR) is 106 cm³/mol. The molecular weight excluding hydrogens is 437 g/mol. The average Bonchev–Trinajstić information content (AvgIpc) is 3.23. The first-order valence-corrected chi connectivity index (χ1v) is 10.4. The summed E-state index contributed by atoms with van der Waals surface area (Å²) in [5, 5.41) is 7.12. The lowest BCUT2D eigenvalue weighted by Crippen LogP contribution is -2.60. The SMILES string of the molecule is Cc1cc(C(=O)N2CC3(CC(Oc4ccccn4)CS3)C2)c(C)o1.O=C(O)C(F)(F)F. The summed E-state index contributed by atoms with van der Waals surface area (Å²) in [5.41, 5.74) is 0.687. The van der Waals surface area contributed by atoms with Gasteiger partial charge < -0.3 is 19.2 Å². The number of aryl methyl sites for hydroxylation is 2. The van der Waals surface area contributed by atoms with E-state index in [2.05, 4.69) is 4.98 Å². The van der Waals surface area contributed by atoms with Crippen molar-refractivity contribution in [2.24, 2.45) is 0 Å². The molecule has 1 unspecified atom stereocenters. The minimum Gasteiger partial charge on any atom is -0.475 e. The molecule has 0 aliphatic carbocycles. The van der Waals surface area contributed by atoms with Gasteiger partial charge in [0.1, 0.15) is 17.6 Å². The van der Waals surface area contributed by atoms with E-state index in [1.807, 2.05) is 54.8 Å². The van der Waals surface area contributed by atoms with Crippen LogP contribution in [0.4, 0.5) is 13.2 Å². The molecular formula is C20H21F3N2O5S. The molecule has 1 atom stereocenters. The maximum absolute atomic E-state index is 12.6. The minimum atomic E-state index is -5.08. The van der Waals surface area contributed by atoms with Crippen molar-refractivity contribution in [3.63, 3.8) is 0 Å². The quantitative estimate of drug-likeness (QED) is 0.750. The van der Waals surface area contributed by atoms with Crippen LogP contribution in [0, 0.1) is 13.8 Å². The maximum atomic E-state index is 12.6. The number of carboxylic acid groups (broad SMARTS) is 1. The highest BCUT2D eigenvalue weighted by molar-refractivity contribution is 8.01. The van der Waals surface area contributed by atoms with E-state index in [1.54, 1.807) is 6.20 Å². The lowest BCUT2D eigenvalue weighted by atomic mass is 9.92. The van der Waals surface area contributed by atoms with Crippen LogP contribution in [0.5, 0.6) is 5.88 Å². The van der Waals surface area contributed by atoms with Crippen LogP contribution in [0.15, 0.2) is 34.9 Å². The number of amides is 1. The first kappa shape index (κ1) is 23.0. The van der Waals surface area contributed by atoms with Crippen molar-refractivity contribution in [3.05, 3.63) is 47.5 Å². The van der Waals surface area contributed by atoms with Crippen LogP contribution in [0.2, 0.25) is 0 Å². The summed E-state index contributed by atoms with van der Waals surface area (Å²) in [6.45, 7) is 5.27. The zero-order valence-corrected chi connectivity index (χ0v) is 17.6. The average molecular weight is 458 g/mol. The van der Waals surface area contributed by atoms with Gasteiger partial charge in [0, 0.05) is 37.5 Å². The molecule has 2 saturated heterocycles. The van der Waals surface area contributed by atoms with E-state index in [9.17, 15) is 18.0 Å². The number of hydrogen-bond acceptors (Lipinski definition) is 6. The number of halogens is 3. The topological polar surface area (TPSA) is 92.9 Å². The summed E-state index contributed by atoms with van der Waals surface area (Å²) in [6, 6.07) is 7.53. The van der Waals surface area contributed by atoms with Crippen molar-refractivity contribution in [1.82, 2.24) is 9.88 Å². The van der Waals surface area contributed by atoms with Gasteiger partial charge in [0.15, 0.2) is 0 Å². The van der Waals surface area contributed by atoms with Gasteiger partial charge in [0.2, 0.25) is 5.88 Å². The van der Waals surface area contributed by atoms with Gasteiger partial charge in [-0.05, 0) is 26.0 Å². The van der Waals surface area contributed by atoms with Gasteiger partial charge in [-0.3, -0.25) is 4.79 Å². The van der Waals surface area contributed by atoms with Gasteiger partial charge in [0.25, 0.3) is 5.91 Å². The third-order valence-corrected chi connectivity index (χ3v) is 6.44. The summed E-state index contributed by atoms with van der Waals surface area (Å²) in [5.74, 6) is 0.427. The fourth-order valence-corrected chi connectivity index (χ4v) is 5.02. The van der Waals surface area contributed by atoms with Gasteiger partial charge in [-0.2, -0.15) is 13.2 Å². The first-order chi connectivity index (χ1) is 14.5. The zero-order chi connectivity index (χ0) is 22.8. The van der Waals surface area contributed by atoms with Crippen LogP contribution in [-0.2, 0) is 4.79 Å². The molecule has 168 valence electrons. The van der Waals surface area contributed by atoms with Crippen molar-refractivity contribution in [1.29, 1.82) is 0 Å². The summed E-state index contributed by atoms with van der Waals surface area (Å²) in [6.07, 6.45) is -2.21. The van der Waals surface area contributed by atoms with Crippen LogP contribution in [-0.4, -0.2) is 62.7 Å². The summed E-state index contributed by atoms with van der Waals surface area (Å²) < 4.78 is 43.3. The summed E-state index contributed by atoms with van der Waals surface area (Å²) in [7, 11) is 0. The zero-order valence-electron chi connectivity index (χ0n) is 16.8. The number of thioether (sulfide) groups is 1. The molecule has 2 aromatic heterocycles. The largest absolute Gasteiger partial charge is 0.490 e. The van der Waals surface area contributed by atoms with Gasteiger partial charge >= 0.3 is 12.1 Å². The molecule has 7 nitrogen and oxygen atoms in total. The number of carboxylic acids is 1. The van der Waals surface area contributed by atoms with E-state index < -0.39 is 12.1 Å². The Morgan fingerprint density at radius 3 is 2.52 bits per heavy atom. The van der Waals surface area contributed by atoms with Crippen LogP contribution in [0.1, 0.15) is 28.3 Å². The Bertz CT molecular complexity index is 942. The van der Waals surface area contributed by atoms with E-state index in [0.29, 0.717) is 17.2 Å². The molecule has 1 spiro atoms. The molecule has 2 aromatic rings. The molecule has 2 aliphatic rings. The summed E-state index contributed by atoms with van der Waals surface area (Å²) >= 11 is 1.91. The number of pyridine rings is 1. The second kappa shape index (κ2) is 8.81. The monoisotopic (exact) mass is 458 g/mol. The third kappa shape index (κ3) is 5.52. The summed E-state index contributed by atoms with van der Waals surface area (Å²) in [4.78, 5) is 27.6. The molecule has 0 bridgehead atoms. The smallest absolute Gasteiger partial charge is 0.475 e. The number of carbonyl (C=O) groups excluding carboxylic acids is 1. The van der Waals surface area contributed by atoms with Crippen molar-refractivity contribution in [2.45, 2.75) is 37.3 Å². The minimum absolute atomic E-state index is 0.0738. The molecule has 0 saturated carbocycles. The number of hydrogen-bond donors (Lipinski definition) is 1. The number of aromatic nitrogens is 1. The van der Waals surface area contributed by atoms with Gasteiger partial charge in [-0.1, -0.05) is 6.07 Å². The Kier molecular flexibility index (Phi) is 6.54. The van der Waals surface area contributed by atoms with E-state index in [1.165, 1.54) is 0 Å². The van der Waals surface area contributed by atoms with E-state index in [-0.39, 0.29) is 16.8 Å². The molecule has 1 amide bonds. The van der Waals surface area contributed by atoms with Gasteiger partial charge in [-0.25, -0.2) is 9.78 Å². The number of alkyl halides is 3. The fourth-order valence-electron chi connectivity index (χ4n) is 3.49. The molecule has 11 heteroatoms. The van der Waals surface area contributed by atoms with E-state index >= 15 is 0 Å². The maximum Gasteiger partial charge on any atom is 0.490 e. The highest BCUT2D eigenvalue weighted by atomic mass is 32.2. The number of rotatable bonds is 3. The fraction of sp³-hybridized carbons (Fsp3) is 0.450. The number of ether oxygens (including phenoxy) is 1. The first-order valence-electron chi connectivity index (χ1n) is 9.37. The lowest BCUT2D eigenvalue weighted by molar-refractivity contribution is -0.192. The lowest BCUT2D eigenvalue weighted by Gasteiger charge is -2.47. The van der Waals surface area contributed by atoms with Gasteiger partial charge in [0.05, 0.1) is 10.3 Å². The molecule has 0 aromatic carbocycles. The number of furan rings is 1. The second-order valence-electron chi connectivity index (χ2n) is 7.40. The van der Waals surface area contributed by atoms with Crippen molar-refractivity contribution < 1.29 is 37.0 Å². The number of nitrogens with zero attached hydrogens (tertiary/aromatic N) is 2. The normalized spacial score (nSPS) is 19.4. The second-order valence-corrected chi connectivity index (χ2v) is 8.89. The third-order valence-electron chi connectivity index (χ3n) is 4.86. The van der Waals surface area contributed by atoms with Gasteiger partial charge in [-0.15, -0.1) is 11.8 Å². The molecule has 0 radical (unpaired) electrons. The Morgan fingerprint density at radius 1 is 1.32 bits per heavy atom. The van der Waals surface area contributed by atoms with Crippen molar-refractivity contribution >= 4 is 23.6 Å². The van der Waals surface area contributed by atoms with Crippen molar-refractivity contribution in [3.8, 4) is 5.88 Å². The number of likely N-dealkylation sites (tertiary alicyclic amines) is 1. The van der Waals surface area contributed by atoms with Crippen LogP contribution in [0.25, 0.3) is 0 Å². The Balaban J connectivity index is 0.000000339. The van der Waals surface area contributed by atoms with E-state index in [0.717, 1.165) is 31.0 Å². The van der Waals surface area contributed by atoms with E-state index in [4.69, 9.17) is 19.1 Å². The molecule has 1 N–H and O–H groups in total. The molecule has 31 heavy (non-hydrogen) atoms. The van der Waals surface area contributed by atoms with Crippen LogP contribution in [0.3, 0.4) is 0 Å². The number of aliphatic carboxylic acids is 1. The molecule has 4 heterocycles. The predicted octanol–water partition coefficient (Wildman–Crippen LogP) is 3.70. The Morgan fingerprint density at radius 2 is 2.00 bits per heavy atom. The van der Waals surface area contributed by atoms with Crippen molar-refractivity contribution in [2.75, 3.05) is 18.8 Å². The standard InChI is InChI=1S/C18H20N2O3S.C2HF3O2/c1-12-7-15(13(2)22-12)17(21)20-10-18(11-20)8-14(9-24-18)23-16-5-3-4-6-19-16;3-2(4,5)1(6)7/h3-7,14H,8-11H2,1-2H3;(H,6,7). The molecule has 2 aliphatic heterocycles. The molecule has 2 fully saturated rings. The Hall–Kier alpha value is -2.69. The Labute approximate surface area is 180 Å². The highest BCUT2D eigenvalue weighted by Crippen LogP contribution is 2.46. The highest BCUT2D eigenvalue weighted by Gasteiger charge is 2.51.